The molecule has 0 saturated carbocycles. The molecule has 0 radical (unpaired) electrons. The summed E-state index contributed by atoms with van der Waals surface area (Å²) in [6.07, 6.45) is -1.06. The van der Waals surface area contributed by atoms with Gasteiger partial charge in [-0.1, -0.05) is 76.6 Å². The fourth-order valence-corrected chi connectivity index (χ4v) is 3.62. The van der Waals surface area contributed by atoms with Crippen molar-refractivity contribution in [1.29, 1.82) is 0 Å². The zero-order valence-electron chi connectivity index (χ0n) is 16.6. The highest BCUT2D eigenvalue weighted by atomic mass is 79.9. The van der Waals surface area contributed by atoms with Crippen LogP contribution in [0.2, 0.25) is 0 Å². The molecular formula is C24H21BrO5. The summed E-state index contributed by atoms with van der Waals surface area (Å²) in [5, 5.41) is 0. The summed E-state index contributed by atoms with van der Waals surface area (Å²) in [4.78, 5) is 25.6. The van der Waals surface area contributed by atoms with Gasteiger partial charge in [0.25, 0.3) is 0 Å². The number of hydrogen-bond donors (Lipinski definition) is 0. The summed E-state index contributed by atoms with van der Waals surface area (Å²) in [5.74, 6) is -0.0364. The molecule has 154 valence electrons. The molecule has 0 heterocycles. The molecule has 3 rings (SSSR count). The van der Waals surface area contributed by atoms with E-state index in [4.69, 9.17) is 14.2 Å². The third-order valence-corrected chi connectivity index (χ3v) is 5.56. The first-order valence-electron chi connectivity index (χ1n) is 9.26. The number of hydrogen-bond acceptors (Lipinski definition) is 5. The Labute approximate surface area is 183 Å². The van der Waals surface area contributed by atoms with Crippen LogP contribution in [0.15, 0.2) is 78.9 Å². The van der Waals surface area contributed by atoms with Crippen LogP contribution in [-0.2, 0) is 4.74 Å². The lowest BCUT2D eigenvalue weighted by molar-refractivity contribution is 0.0282. The molecule has 3 aromatic rings. The van der Waals surface area contributed by atoms with Gasteiger partial charge in [-0.05, 0) is 23.8 Å². The fourth-order valence-electron chi connectivity index (χ4n) is 2.97. The number of rotatable bonds is 8. The summed E-state index contributed by atoms with van der Waals surface area (Å²) in [7, 11) is 3.00. The van der Waals surface area contributed by atoms with Crippen molar-refractivity contribution in [3.05, 3.63) is 95.6 Å². The van der Waals surface area contributed by atoms with Crippen molar-refractivity contribution < 1.29 is 23.8 Å². The average Bonchev–Trinajstić information content (AvgIpc) is 2.82. The standard InChI is InChI=1S/C24H21BrO5/c1-28-19-14-13-18(15-20(19)29-2)24(27)30-23(21(25)16-9-5-3-6-10-16)22(26)17-11-7-4-8-12-17/h3-15,21,23H,1-2H3/t21-,23-/m0/s1. The highest BCUT2D eigenvalue weighted by Crippen LogP contribution is 2.32. The van der Waals surface area contributed by atoms with Crippen LogP contribution >= 0.6 is 15.9 Å². The first-order valence-corrected chi connectivity index (χ1v) is 10.2. The van der Waals surface area contributed by atoms with Gasteiger partial charge in [-0.3, -0.25) is 4.79 Å². The Hall–Kier alpha value is -3.12. The van der Waals surface area contributed by atoms with Gasteiger partial charge in [-0.2, -0.15) is 0 Å². The van der Waals surface area contributed by atoms with Crippen LogP contribution < -0.4 is 9.47 Å². The number of carbonyl (C=O) groups is 2. The second-order valence-electron chi connectivity index (χ2n) is 6.44. The van der Waals surface area contributed by atoms with Gasteiger partial charge in [-0.25, -0.2) is 4.79 Å². The number of alkyl halides is 1. The van der Waals surface area contributed by atoms with Crippen molar-refractivity contribution in [3.63, 3.8) is 0 Å². The van der Waals surface area contributed by atoms with Gasteiger partial charge in [-0.15, -0.1) is 0 Å². The van der Waals surface area contributed by atoms with Crippen LogP contribution in [-0.4, -0.2) is 32.1 Å². The average molecular weight is 469 g/mol. The van der Waals surface area contributed by atoms with E-state index in [0.29, 0.717) is 17.1 Å². The van der Waals surface area contributed by atoms with E-state index in [1.165, 1.54) is 20.3 Å². The van der Waals surface area contributed by atoms with Crippen LogP contribution in [0.3, 0.4) is 0 Å². The summed E-state index contributed by atoms with van der Waals surface area (Å²) in [5.41, 5.74) is 1.54. The maximum Gasteiger partial charge on any atom is 0.339 e. The van der Waals surface area contributed by atoms with Gasteiger partial charge in [0.2, 0.25) is 5.78 Å². The van der Waals surface area contributed by atoms with E-state index in [0.717, 1.165) is 5.56 Å². The molecule has 0 aliphatic rings. The van der Waals surface area contributed by atoms with Crippen LogP contribution in [0.4, 0.5) is 0 Å². The smallest absolute Gasteiger partial charge is 0.339 e. The van der Waals surface area contributed by atoms with E-state index in [9.17, 15) is 9.59 Å². The number of halogens is 1. The molecule has 3 aromatic carbocycles. The number of carbonyl (C=O) groups excluding carboxylic acids is 2. The number of benzene rings is 3. The summed E-state index contributed by atoms with van der Waals surface area (Å²) >= 11 is 3.56. The zero-order chi connectivity index (χ0) is 21.5. The van der Waals surface area contributed by atoms with Gasteiger partial charge >= 0.3 is 5.97 Å². The predicted octanol–water partition coefficient (Wildman–Crippen LogP) is 5.25. The van der Waals surface area contributed by atoms with Gasteiger partial charge in [0.15, 0.2) is 17.6 Å². The van der Waals surface area contributed by atoms with Crippen molar-refractivity contribution in [2.75, 3.05) is 14.2 Å². The highest BCUT2D eigenvalue weighted by Gasteiger charge is 2.32. The minimum Gasteiger partial charge on any atom is -0.493 e. The number of ether oxygens (including phenoxy) is 3. The second kappa shape index (κ2) is 10.1. The lowest BCUT2D eigenvalue weighted by Gasteiger charge is -2.22. The topological polar surface area (TPSA) is 61.8 Å². The first-order chi connectivity index (χ1) is 14.5. The third-order valence-electron chi connectivity index (χ3n) is 4.55. The Morgan fingerprint density at radius 1 is 0.767 bits per heavy atom. The van der Waals surface area contributed by atoms with E-state index >= 15 is 0 Å². The van der Waals surface area contributed by atoms with E-state index in [1.54, 1.807) is 36.4 Å². The number of methoxy groups -OCH3 is 2. The molecule has 30 heavy (non-hydrogen) atoms. The second-order valence-corrected chi connectivity index (χ2v) is 7.42. The molecule has 0 spiro atoms. The number of ketones is 1. The van der Waals surface area contributed by atoms with Crippen molar-refractivity contribution in [2.45, 2.75) is 10.9 Å². The summed E-state index contributed by atoms with van der Waals surface area (Å²) in [6.45, 7) is 0. The normalized spacial score (nSPS) is 12.5. The van der Waals surface area contributed by atoms with Crippen LogP contribution in [0.1, 0.15) is 31.1 Å². The lowest BCUT2D eigenvalue weighted by Crippen LogP contribution is -2.31. The van der Waals surface area contributed by atoms with E-state index < -0.39 is 16.9 Å². The minimum absolute atomic E-state index is 0.256. The molecule has 0 fully saturated rings. The van der Waals surface area contributed by atoms with E-state index in [2.05, 4.69) is 15.9 Å². The molecule has 0 aliphatic carbocycles. The quantitative estimate of drug-likeness (QED) is 0.256. The number of Topliss-reactive ketones (excluding diaryl/α,β-unsaturated/α-hetero) is 1. The fraction of sp³-hybridized carbons (Fsp3) is 0.167. The Kier molecular flexibility index (Phi) is 7.25. The van der Waals surface area contributed by atoms with Crippen LogP contribution in [0.5, 0.6) is 11.5 Å². The molecule has 0 unspecified atom stereocenters. The lowest BCUT2D eigenvalue weighted by atomic mass is 9.99. The highest BCUT2D eigenvalue weighted by molar-refractivity contribution is 9.09. The molecular weight excluding hydrogens is 448 g/mol. The molecule has 5 nitrogen and oxygen atoms in total. The van der Waals surface area contributed by atoms with Crippen molar-refractivity contribution >= 4 is 27.7 Å². The van der Waals surface area contributed by atoms with Crippen molar-refractivity contribution in [1.82, 2.24) is 0 Å². The summed E-state index contributed by atoms with van der Waals surface area (Å²) < 4.78 is 16.2. The van der Waals surface area contributed by atoms with Gasteiger partial charge in [0, 0.05) is 5.56 Å². The SMILES string of the molecule is COc1ccc(C(=O)O[C@H](C(=O)c2ccccc2)[C@@H](Br)c2ccccc2)cc1OC. The molecule has 0 saturated heterocycles. The van der Waals surface area contributed by atoms with E-state index in [-0.39, 0.29) is 11.3 Å². The van der Waals surface area contributed by atoms with E-state index in [1.807, 2.05) is 36.4 Å². The molecule has 6 heteroatoms. The largest absolute Gasteiger partial charge is 0.493 e. The minimum atomic E-state index is -1.06. The van der Waals surface area contributed by atoms with Crippen LogP contribution in [0.25, 0.3) is 0 Å². The van der Waals surface area contributed by atoms with Crippen molar-refractivity contribution in [2.24, 2.45) is 0 Å². The molecule has 0 aliphatic heterocycles. The third kappa shape index (κ3) is 4.89. The molecule has 0 amide bonds. The maximum absolute atomic E-state index is 13.2. The Morgan fingerprint density at radius 2 is 1.37 bits per heavy atom. The molecule has 0 bridgehead atoms. The predicted molar refractivity (Wildman–Crippen MR) is 118 cm³/mol. The van der Waals surface area contributed by atoms with Gasteiger partial charge in [0.1, 0.15) is 0 Å². The van der Waals surface area contributed by atoms with Gasteiger partial charge < -0.3 is 14.2 Å². The Bertz CT molecular complexity index is 1000. The monoisotopic (exact) mass is 468 g/mol. The molecule has 2 atom stereocenters. The van der Waals surface area contributed by atoms with Crippen LogP contribution in [0, 0.1) is 0 Å². The number of esters is 1. The molecule has 0 aromatic heterocycles. The Morgan fingerprint density at radius 3 is 1.97 bits per heavy atom. The van der Waals surface area contributed by atoms with Crippen molar-refractivity contribution in [3.8, 4) is 11.5 Å². The zero-order valence-corrected chi connectivity index (χ0v) is 18.2. The van der Waals surface area contributed by atoms with Gasteiger partial charge in [0.05, 0.1) is 24.6 Å². The summed E-state index contributed by atoms with van der Waals surface area (Å²) in [6, 6.07) is 22.8. The molecule has 0 N–H and O–H groups in total. The maximum atomic E-state index is 13.2. The Balaban J connectivity index is 1.92. The first kappa shape index (κ1) is 21.6.